The van der Waals surface area contributed by atoms with Gasteiger partial charge in [0.15, 0.2) is 13.1 Å². The lowest BCUT2D eigenvalue weighted by Gasteiger charge is -2.26. The summed E-state index contributed by atoms with van der Waals surface area (Å²) in [6, 6.07) is 17.5. The minimum atomic E-state index is -3.57. The molecule has 0 fully saturated rings. The smallest absolute Gasteiger partial charge is 0.186 e. The summed E-state index contributed by atoms with van der Waals surface area (Å²) < 4.78 is 29.4. The van der Waals surface area contributed by atoms with Gasteiger partial charge in [-0.2, -0.15) is 0 Å². The summed E-state index contributed by atoms with van der Waals surface area (Å²) >= 11 is 0. The summed E-state index contributed by atoms with van der Waals surface area (Å²) in [5.41, 5.74) is 0. The Morgan fingerprint density at radius 2 is 1.13 bits per heavy atom. The summed E-state index contributed by atoms with van der Waals surface area (Å²) in [4.78, 5) is 0. The lowest BCUT2D eigenvalue weighted by molar-refractivity contribution is 0.107. The van der Waals surface area contributed by atoms with E-state index in [0.29, 0.717) is 17.0 Å². The first-order valence-corrected chi connectivity index (χ1v) is 13.4. The maximum absolute atomic E-state index is 15.5. The van der Waals surface area contributed by atoms with E-state index in [1.807, 2.05) is 12.1 Å². The van der Waals surface area contributed by atoms with E-state index in [0.717, 1.165) is 19.3 Å². The number of hydrogen-bond donors (Lipinski definition) is 1. The van der Waals surface area contributed by atoms with Crippen LogP contribution in [0.3, 0.4) is 0 Å². The fourth-order valence-corrected chi connectivity index (χ4v) is 6.69. The molecule has 0 aliphatic rings. The first kappa shape index (κ1) is 24.8. The van der Waals surface area contributed by atoms with Crippen molar-refractivity contribution in [3.8, 4) is 0 Å². The topological polar surface area (TPSA) is 37.3 Å². The average Bonchev–Trinajstić information content (AvgIpc) is 2.80. The number of benzene rings is 2. The summed E-state index contributed by atoms with van der Waals surface area (Å²) in [7, 11) is -3.57. The van der Waals surface area contributed by atoms with Gasteiger partial charge in [0, 0.05) is 10.6 Å². The van der Waals surface area contributed by atoms with Gasteiger partial charge in [0.05, 0.1) is 6.10 Å². The van der Waals surface area contributed by atoms with E-state index in [1.54, 1.807) is 48.5 Å². The first-order valence-electron chi connectivity index (χ1n) is 11.6. The maximum Gasteiger partial charge on any atom is 0.186 e. The monoisotopic (exact) mass is 432 g/mol. The molecule has 0 heterocycles. The number of unbranched alkanes of at least 4 members (excludes halogenated alkanes) is 9. The van der Waals surface area contributed by atoms with Gasteiger partial charge in [-0.15, -0.1) is 0 Å². The molecule has 166 valence electrons. The molecule has 0 bridgehead atoms. The summed E-state index contributed by atoms with van der Waals surface area (Å²) in [5.74, 6) is -1.79. The Morgan fingerprint density at radius 3 is 1.57 bits per heavy atom. The molecule has 0 unspecified atom stereocenters. The molecule has 0 aliphatic heterocycles. The van der Waals surface area contributed by atoms with Gasteiger partial charge in [-0.05, 0) is 6.42 Å². The molecule has 0 saturated carbocycles. The SMILES string of the molecule is CCCCCCCCCCCC[C@H](O)[C@H](F)P(=O)(c1ccccc1)c1ccccc1. The zero-order chi connectivity index (χ0) is 21.7. The molecule has 0 radical (unpaired) electrons. The van der Waals surface area contributed by atoms with E-state index in [2.05, 4.69) is 6.92 Å². The Kier molecular flexibility index (Phi) is 11.4. The Balaban J connectivity index is 1.85. The number of alkyl halides is 1. The molecule has 2 aromatic rings. The molecule has 0 aliphatic carbocycles. The fraction of sp³-hybridized carbons (Fsp3) is 0.538. The van der Waals surface area contributed by atoms with Gasteiger partial charge >= 0.3 is 0 Å². The van der Waals surface area contributed by atoms with E-state index in [4.69, 9.17) is 0 Å². The number of hydrogen-bond acceptors (Lipinski definition) is 2. The highest BCUT2D eigenvalue weighted by Gasteiger charge is 2.41. The third kappa shape index (κ3) is 7.36. The number of aliphatic hydroxyl groups excluding tert-OH is 1. The van der Waals surface area contributed by atoms with Crippen LogP contribution < -0.4 is 10.6 Å². The van der Waals surface area contributed by atoms with Crippen LogP contribution >= 0.6 is 7.14 Å². The largest absolute Gasteiger partial charge is 0.390 e. The standard InChI is InChI=1S/C26H38FO2P/c1-2-3-4-5-6-7-8-9-10-17-22-25(28)26(27)30(29,23-18-13-11-14-19-23)24-20-15-12-16-21-24/h11-16,18-21,25-26,28H,2-10,17,22H2,1H3/t25-,26+/m0/s1. The molecular formula is C26H38FO2P. The molecule has 0 amide bonds. The Morgan fingerprint density at radius 1 is 0.733 bits per heavy atom. The summed E-state index contributed by atoms with van der Waals surface area (Å²) in [5, 5.41) is 11.5. The van der Waals surface area contributed by atoms with Gasteiger partial charge in [-0.25, -0.2) is 4.39 Å². The molecule has 0 spiro atoms. The van der Waals surface area contributed by atoms with Crippen molar-refractivity contribution in [1.29, 1.82) is 0 Å². The number of halogens is 1. The molecule has 0 aromatic heterocycles. The zero-order valence-corrected chi connectivity index (χ0v) is 19.3. The van der Waals surface area contributed by atoms with Gasteiger partial charge in [0.2, 0.25) is 0 Å². The van der Waals surface area contributed by atoms with Crippen molar-refractivity contribution in [3.05, 3.63) is 60.7 Å². The van der Waals surface area contributed by atoms with E-state index in [9.17, 15) is 9.67 Å². The third-order valence-corrected chi connectivity index (χ3v) is 8.97. The van der Waals surface area contributed by atoms with E-state index < -0.39 is 19.2 Å². The van der Waals surface area contributed by atoms with Crippen molar-refractivity contribution in [1.82, 2.24) is 0 Å². The number of aliphatic hydroxyl groups is 1. The predicted octanol–water partition coefficient (Wildman–Crippen LogP) is 6.97. The lowest BCUT2D eigenvalue weighted by Crippen LogP contribution is -2.31. The average molecular weight is 433 g/mol. The Hall–Kier alpha value is -1.44. The van der Waals surface area contributed by atoms with Crippen LogP contribution in [0.25, 0.3) is 0 Å². The highest BCUT2D eigenvalue weighted by Crippen LogP contribution is 2.51. The third-order valence-electron chi connectivity index (χ3n) is 5.80. The molecule has 2 rings (SSSR count). The lowest BCUT2D eigenvalue weighted by atomic mass is 10.0. The van der Waals surface area contributed by atoms with Gasteiger partial charge < -0.3 is 9.67 Å². The molecule has 2 atom stereocenters. The Bertz CT molecular complexity index is 692. The molecule has 1 N–H and O–H groups in total. The minimum absolute atomic E-state index is 0.349. The van der Waals surface area contributed by atoms with Crippen molar-refractivity contribution in [2.24, 2.45) is 0 Å². The van der Waals surface area contributed by atoms with Crippen LogP contribution in [0.1, 0.15) is 77.6 Å². The van der Waals surface area contributed by atoms with Crippen molar-refractivity contribution in [2.45, 2.75) is 89.6 Å². The van der Waals surface area contributed by atoms with Gasteiger partial charge in [-0.3, -0.25) is 0 Å². The van der Waals surface area contributed by atoms with E-state index in [1.165, 1.54) is 44.9 Å². The highest BCUT2D eigenvalue weighted by atomic mass is 31.2. The first-order chi connectivity index (χ1) is 14.6. The zero-order valence-electron chi connectivity index (χ0n) is 18.4. The fourth-order valence-electron chi connectivity index (χ4n) is 3.95. The predicted molar refractivity (Wildman–Crippen MR) is 127 cm³/mol. The van der Waals surface area contributed by atoms with Crippen molar-refractivity contribution in [3.63, 3.8) is 0 Å². The molecule has 4 heteroatoms. The number of rotatable bonds is 15. The second kappa shape index (κ2) is 13.8. The van der Waals surface area contributed by atoms with Gasteiger partial charge in [-0.1, -0.05) is 132 Å². The van der Waals surface area contributed by atoms with Crippen LogP contribution in [0.15, 0.2) is 60.7 Å². The van der Waals surface area contributed by atoms with Crippen molar-refractivity contribution < 1.29 is 14.1 Å². The second-order valence-electron chi connectivity index (χ2n) is 8.24. The highest BCUT2D eigenvalue weighted by molar-refractivity contribution is 7.79. The van der Waals surface area contributed by atoms with E-state index >= 15 is 4.39 Å². The summed E-state index contributed by atoms with van der Waals surface area (Å²) in [6.45, 7) is 2.23. The second-order valence-corrected chi connectivity index (χ2v) is 11.1. The van der Waals surface area contributed by atoms with Crippen LogP contribution in [0.2, 0.25) is 0 Å². The van der Waals surface area contributed by atoms with Crippen LogP contribution in [0, 0.1) is 0 Å². The van der Waals surface area contributed by atoms with Crippen molar-refractivity contribution in [2.75, 3.05) is 0 Å². The van der Waals surface area contributed by atoms with Crippen LogP contribution in [-0.2, 0) is 4.57 Å². The normalized spacial score (nSPS) is 13.8. The minimum Gasteiger partial charge on any atom is -0.390 e. The van der Waals surface area contributed by atoms with Gasteiger partial charge in [0.25, 0.3) is 0 Å². The van der Waals surface area contributed by atoms with Crippen LogP contribution in [0.5, 0.6) is 0 Å². The van der Waals surface area contributed by atoms with Crippen LogP contribution in [0.4, 0.5) is 4.39 Å². The van der Waals surface area contributed by atoms with Crippen LogP contribution in [-0.4, -0.2) is 17.1 Å². The molecule has 2 nitrogen and oxygen atoms in total. The van der Waals surface area contributed by atoms with E-state index in [-0.39, 0.29) is 0 Å². The quantitative estimate of drug-likeness (QED) is 0.244. The summed E-state index contributed by atoms with van der Waals surface area (Å²) in [6.07, 6.45) is 11.0. The molecule has 30 heavy (non-hydrogen) atoms. The van der Waals surface area contributed by atoms with Gasteiger partial charge in [0.1, 0.15) is 0 Å². The molecular weight excluding hydrogens is 394 g/mol. The molecule has 0 saturated heterocycles. The molecule has 2 aromatic carbocycles. The maximum atomic E-state index is 15.5. The van der Waals surface area contributed by atoms with Crippen molar-refractivity contribution >= 4 is 17.8 Å². The Labute approximate surface area is 182 Å².